The molecule has 1 saturated heterocycles. The fourth-order valence-corrected chi connectivity index (χ4v) is 8.95. The summed E-state index contributed by atoms with van der Waals surface area (Å²) in [5.74, 6) is 0.970. The van der Waals surface area contributed by atoms with Crippen molar-refractivity contribution < 1.29 is 24.5 Å². The summed E-state index contributed by atoms with van der Waals surface area (Å²) in [6.45, 7) is 11.5. The van der Waals surface area contributed by atoms with Gasteiger partial charge in [-0.2, -0.15) is 0 Å². The van der Waals surface area contributed by atoms with Gasteiger partial charge in [-0.25, -0.2) is 4.79 Å². The zero-order valence-electron chi connectivity index (χ0n) is 19.9. The van der Waals surface area contributed by atoms with Crippen molar-refractivity contribution in [2.75, 3.05) is 32.9 Å². The van der Waals surface area contributed by atoms with Crippen LogP contribution in [-0.2, 0) is 9.47 Å². The van der Waals surface area contributed by atoms with Gasteiger partial charge in [0, 0.05) is 23.9 Å². The molecule has 5 aliphatic carbocycles. The molecule has 5 saturated carbocycles. The van der Waals surface area contributed by atoms with Crippen LogP contribution >= 0.6 is 0 Å². The van der Waals surface area contributed by atoms with Crippen LogP contribution < -0.4 is 0 Å². The molecule has 1 amide bonds. The number of carbonyl (C=O) groups is 1. The Morgan fingerprint density at radius 3 is 2.66 bits per heavy atom. The molecular weight excluding hydrogens is 406 g/mol. The number of fused-ring (bicyclic) bond motifs is 3. The largest absolute Gasteiger partial charge is 0.449 e. The highest BCUT2D eigenvalue weighted by Crippen LogP contribution is 2.73. The van der Waals surface area contributed by atoms with Crippen LogP contribution in [0.3, 0.4) is 0 Å². The highest BCUT2D eigenvalue weighted by atomic mass is 16.6. The van der Waals surface area contributed by atoms with Gasteiger partial charge in [-0.15, -0.1) is 0 Å². The van der Waals surface area contributed by atoms with Crippen LogP contribution in [0.1, 0.15) is 65.2 Å². The third-order valence-electron chi connectivity index (χ3n) is 10.6. The van der Waals surface area contributed by atoms with E-state index in [0.717, 1.165) is 50.5 Å². The maximum atomic E-state index is 12.7. The van der Waals surface area contributed by atoms with Crippen molar-refractivity contribution in [3.05, 3.63) is 12.2 Å². The van der Waals surface area contributed by atoms with Gasteiger partial charge in [0.25, 0.3) is 0 Å². The molecule has 0 aromatic rings. The van der Waals surface area contributed by atoms with Crippen molar-refractivity contribution in [1.29, 1.82) is 0 Å². The quantitative estimate of drug-likeness (QED) is 0.644. The molecule has 6 rings (SSSR count). The van der Waals surface area contributed by atoms with Gasteiger partial charge in [0.1, 0.15) is 0 Å². The Balaban J connectivity index is 1.42. The van der Waals surface area contributed by atoms with Gasteiger partial charge >= 0.3 is 6.09 Å². The van der Waals surface area contributed by atoms with E-state index in [1.807, 2.05) is 0 Å². The first kappa shape index (κ1) is 22.7. The first-order valence-corrected chi connectivity index (χ1v) is 12.8. The van der Waals surface area contributed by atoms with E-state index in [9.17, 15) is 15.0 Å². The molecule has 6 heteroatoms. The molecule has 1 spiro atoms. The van der Waals surface area contributed by atoms with Crippen LogP contribution in [-0.4, -0.2) is 66.3 Å². The van der Waals surface area contributed by atoms with E-state index >= 15 is 0 Å². The smallest absolute Gasteiger partial charge is 0.409 e. The highest BCUT2D eigenvalue weighted by Gasteiger charge is 2.70. The molecule has 0 radical (unpaired) electrons. The number of nitrogens with zero attached hydrogens (tertiary/aromatic N) is 1. The molecule has 6 fully saturated rings. The maximum absolute atomic E-state index is 12.7. The predicted octanol–water partition coefficient (Wildman–Crippen LogP) is 3.76. The minimum Gasteiger partial charge on any atom is -0.449 e. The lowest BCUT2D eigenvalue weighted by atomic mass is 9.34. The summed E-state index contributed by atoms with van der Waals surface area (Å²) in [5.41, 5.74) is 0.436. The maximum Gasteiger partial charge on any atom is 0.409 e. The fraction of sp³-hybridized carbons (Fsp3) is 0.885. The fourth-order valence-electron chi connectivity index (χ4n) is 8.95. The third kappa shape index (κ3) is 3.05. The van der Waals surface area contributed by atoms with Crippen LogP contribution in [0.4, 0.5) is 4.79 Å². The number of ether oxygens (including phenoxy) is 2. The van der Waals surface area contributed by atoms with Crippen molar-refractivity contribution in [2.24, 2.45) is 34.0 Å². The number of carbonyl (C=O) groups excluding carboxylic acids is 1. The van der Waals surface area contributed by atoms with Crippen molar-refractivity contribution >= 4 is 6.09 Å². The molecule has 8 atom stereocenters. The number of rotatable bonds is 3. The number of aliphatic hydroxyl groups excluding tert-OH is 2. The Morgan fingerprint density at radius 2 is 1.94 bits per heavy atom. The number of amides is 1. The normalized spacial score (nSPS) is 48.2. The second kappa shape index (κ2) is 7.99. The summed E-state index contributed by atoms with van der Waals surface area (Å²) < 4.78 is 11.3. The van der Waals surface area contributed by atoms with Gasteiger partial charge in [0.2, 0.25) is 0 Å². The van der Waals surface area contributed by atoms with E-state index in [0.29, 0.717) is 51.2 Å². The lowest BCUT2D eigenvalue weighted by Crippen LogP contribution is -2.70. The minimum atomic E-state index is -0.591. The minimum absolute atomic E-state index is 0.0813. The van der Waals surface area contributed by atoms with E-state index < -0.39 is 17.6 Å². The van der Waals surface area contributed by atoms with Gasteiger partial charge in [-0.3, -0.25) is 0 Å². The molecule has 32 heavy (non-hydrogen) atoms. The molecular formula is C26H41NO5. The monoisotopic (exact) mass is 447 g/mol. The van der Waals surface area contributed by atoms with E-state index in [2.05, 4.69) is 20.4 Å². The molecule has 1 heterocycles. The first-order valence-electron chi connectivity index (χ1n) is 12.8. The van der Waals surface area contributed by atoms with E-state index in [4.69, 9.17) is 9.47 Å². The lowest BCUT2D eigenvalue weighted by molar-refractivity contribution is -0.260. The van der Waals surface area contributed by atoms with Gasteiger partial charge in [-0.05, 0) is 73.7 Å². The number of hydrogen-bond donors (Lipinski definition) is 2. The standard InChI is InChI=1S/C26H41NO5/c1-4-25-8-5-7-24(3,16-32-23(30)27-10-12-31-13-11-27)19(25)15-21(28)26-9-6-18(14-20(25)26)17(2)22(26)29/h18-22,28-29H,2,4-16H2,1,3H3/t18-,19?,20?,21+,22-,24-,25+,26+/m0/s1. The zero-order valence-corrected chi connectivity index (χ0v) is 19.9. The molecule has 180 valence electrons. The van der Waals surface area contributed by atoms with Crippen molar-refractivity contribution in [3.8, 4) is 0 Å². The third-order valence-corrected chi connectivity index (χ3v) is 10.6. The molecule has 0 aromatic carbocycles. The molecule has 6 nitrogen and oxygen atoms in total. The number of morpholine rings is 1. The predicted molar refractivity (Wildman–Crippen MR) is 121 cm³/mol. The van der Waals surface area contributed by atoms with Gasteiger partial charge in [0.05, 0.1) is 32.0 Å². The molecule has 2 unspecified atom stereocenters. The SMILES string of the molecule is C=C1[C@H]2CC[C@]3(C(C2)[C@]2(CC)CCC[C@@](C)(COC(=O)N4CCOCC4)C2C[C@H]3O)[C@H]1O. The van der Waals surface area contributed by atoms with Gasteiger partial charge in [-0.1, -0.05) is 26.8 Å². The summed E-state index contributed by atoms with van der Waals surface area (Å²) in [7, 11) is 0. The number of hydrogen-bond acceptors (Lipinski definition) is 5. The lowest BCUT2D eigenvalue weighted by Gasteiger charge is -2.71. The van der Waals surface area contributed by atoms with Crippen LogP contribution in [0.25, 0.3) is 0 Å². The van der Waals surface area contributed by atoms with E-state index in [-0.39, 0.29) is 22.8 Å². The Hall–Kier alpha value is -1.11. The van der Waals surface area contributed by atoms with Crippen molar-refractivity contribution in [1.82, 2.24) is 4.90 Å². The van der Waals surface area contributed by atoms with Gasteiger partial charge < -0.3 is 24.6 Å². The Kier molecular flexibility index (Phi) is 5.66. The molecule has 2 bridgehead atoms. The van der Waals surface area contributed by atoms with Crippen LogP contribution in [0.2, 0.25) is 0 Å². The Bertz CT molecular complexity index is 765. The average molecular weight is 448 g/mol. The summed E-state index contributed by atoms with van der Waals surface area (Å²) in [4.78, 5) is 14.5. The molecule has 0 aromatic heterocycles. The number of aliphatic hydroxyl groups is 2. The molecule has 2 N–H and O–H groups in total. The first-order chi connectivity index (χ1) is 15.3. The van der Waals surface area contributed by atoms with Crippen molar-refractivity contribution in [3.63, 3.8) is 0 Å². The van der Waals surface area contributed by atoms with Gasteiger partial charge in [0.15, 0.2) is 0 Å². The van der Waals surface area contributed by atoms with Crippen LogP contribution in [0, 0.1) is 34.0 Å². The Morgan fingerprint density at radius 1 is 1.19 bits per heavy atom. The van der Waals surface area contributed by atoms with Crippen LogP contribution in [0.15, 0.2) is 12.2 Å². The Labute approximate surface area is 192 Å². The van der Waals surface area contributed by atoms with Crippen LogP contribution in [0.5, 0.6) is 0 Å². The average Bonchev–Trinajstić information content (AvgIpc) is 2.82. The van der Waals surface area contributed by atoms with Crippen molar-refractivity contribution in [2.45, 2.75) is 77.4 Å². The van der Waals surface area contributed by atoms with E-state index in [1.54, 1.807) is 4.90 Å². The topological polar surface area (TPSA) is 79.2 Å². The highest BCUT2D eigenvalue weighted by molar-refractivity contribution is 5.67. The molecule has 1 aliphatic heterocycles. The van der Waals surface area contributed by atoms with E-state index in [1.165, 1.54) is 0 Å². The summed E-state index contributed by atoms with van der Waals surface area (Å²) in [6.07, 6.45) is 6.64. The zero-order chi connectivity index (χ0) is 22.7. The second-order valence-corrected chi connectivity index (χ2v) is 11.7. The summed E-state index contributed by atoms with van der Waals surface area (Å²) in [6, 6.07) is 0. The molecule has 6 aliphatic rings. The summed E-state index contributed by atoms with van der Waals surface area (Å²) >= 11 is 0. The summed E-state index contributed by atoms with van der Waals surface area (Å²) in [5, 5.41) is 22.9. The second-order valence-electron chi connectivity index (χ2n) is 11.7.